The summed E-state index contributed by atoms with van der Waals surface area (Å²) in [6, 6.07) is 0. The van der Waals surface area contributed by atoms with Crippen LogP contribution in [0.4, 0.5) is 0 Å². The first-order chi connectivity index (χ1) is 13.6. The number of esters is 3. The number of hydrogen-bond donors (Lipinski definition) is 1. The Labute approximate surface area is 170 Å². The molecular weight excluding hydrogens is 376 g/mol. The largest absolute Gasteiger partial charge is 0.461 e. The van der Waals surface area contributed by atoms with Gasteiger partial charge in [0.05, 0.1) is 17.6 Å². The quantitative estimate of drug-likeness (QED) is 0.333. The van der Waals surface area contributed by atoms with Gasteiger partial charge >= 0.3 is 17.9 Å². The fourth-order valence-electron chi connectivity index (χ4n) is 3.53. The van der Waals surface area contributed by atoms with Crippen LogP contribution < -0.4 is 0 Å². The molecule has 0 spiro atoms. The average Bonchev–Trinajstić information content (AvgIpc) is 2.87. The molecule has 7 nitrogen and oxygen atoms in total. The molecule has 0 saturated carbocycles. The molecule has 7 heteroatoms. The van der Waals surface area contributed by atoms with Crippen molar-refractivity contribution < 1.29 is 33.7 Å². The Morgan fingerprint density at radius 1 is 1.28 bits per heavy atom. The zero-order valence-electron chi connectivity index (χ0n) is 17.3. The van der Waals surface area contributed by atoms with Crippen molar-refractivity contribution in [1.29, 1.82) is 0 Å². The van der Waals surface area contributed by atoms with Crippen molar-refractivity contribution in [2.75, 3.05) is 6.61 Å². The standard InChI is InChI=1S/C22H28O7/c1-6-16(11-27-15(5)23)22(26)29-19-10-13(3)8-17(24)7-12(2)9-18-20(19)14(4)21(25)28-18/h6,8-9,17-20,24H,4,7,10-11H2,1-3,5H3/b12-9+,13-8+,16-6-/t17-,18?,19+,20-/m0/s1. The third-order valence-electron chi connectivity index (χ3n) is 4.94. The molecule has 0 amide bonds. The number of allylic oxidation sites excluding steroid dienone is 1. The highest BCUT2D eigenvalue weighted by Gasteiger charge is 2.44. The number of carbonyl (C=O) groups is 3. The Kier molecular flexibility index (Phi) is 7.56. The molecule has 158 valence electrons. The second kappa shape index (κ2) is 9.69. The molecule has 0 bridgehead atoms. The monoisotopic (exact) mass is 404 g/mol. The minimum atomic E-state index is -0.732. The molecule has 2 aliphatic rings. The Morgan fingerprint density at radius 3 is 2.55 bits per heavy atom. The van der Waals surface area contributed by atoms with Crippen molar-refractivity contribution in [3.8, 4) is 0 Å². The van der Waals surface area contributed by atoms with Crippen LogP contribution in [0.3, 0.4) is 0 Å². The molecule has 1 aliphatic carbocycles. The van der Waals surface area contributed by atoms with E-state index in [1.165, 1.54) is 13.0 Å². The molecule has 0 radical (unpaired) electrons. The van der Waals surface area contributed by atoms with Gasteiger partial charge in [-0.3, -0.25) is 4.79 Å². The summed E-state index contributed by atoms with van der Waals surface area (Å²) >= 11 is 0. The van der Waals surface area contributed by atoms with E-state index in [4.69, 9.17) is 14.2 Å². The van der Waals surface area contributed by atoms with Crippen molar-refractivity contribution in [2.24, 2.45) is 5.92 Å². The van der Waals surface area contributed by atoms with E-state index in [0.717, 1.165) is 11.1 Å². The number of aliphatic hydroxyl groups excluding tert-OH is 1. The van der Waals surface area contributed by atoms with Gasteiger partial charge in [0.2, 0.25) is 0 Å². The third-order valence-corrected chi connectivity index (χ3v) is 4.94. The highest BCUT2D eigenvalue weighted by molar-refractivity contribution is 5.92. The average molecular weight is 404 g/mol. The Bertz CT molecular complexity index is 787. The molecule has 1 saturated heterocycles. The van der Waals surface area contributed by atoms with Crippen LogP contribution in [-0.2, 0) is 28.6 Å². The molecule has 0 aromatic heterocycles. The summed E-state index contributed by atoms with van der Waals surface area (Å²) in [6.45, 7) is 10.2. The van der Waals surface area contributed by atoms with Gasteiger partial charge in [-0.25, -0.2) is 9.59 Å². The van der Waals surface area contributed by atoms with Crippen LogP contribution in [-0.4, -0.2) is 47.9 Å². The summed E-state index contributed by atoms with van der Waals surface area (Å²) in [7, 11) is 0. The van der Waals surface area contributed by atoms with Gasteiger partial charge in [-0.2, -0.15) is 0 Å². The molecule has 0 aromatic rings. The first-order valence-electron chi connectivity index (χ1n) is 9.54. The Balaban J connectivity index is 2.34. The van der Waals surface area contributed by atoms with Crippen LogP contribution in [0, 0.1) is 5.92 Å². The van der Waals surface area contributed by atoms with E-state index in [1.807, 2.05) is 13.8 Å². The van der Waals surface area contributed by atoms with Gasteiger partial charge in [0, 0.05) is 18.9 Å². The number of ether oxygens (including phenoxy) is 3. The minimum absolute atomic E-state index is 0.193. The molecular formula is C22H28O7. The van der Waals surface area contributed by atoms with Crippen molar-refractivity contribution >= 4 is 17.9 Å². The highest BCUT2D eigenvalue weighted by atomic mass is 16.6. The first kappa shape index (κ1) is 22.6. The molecule has 1 heterocycles. The Hall–Kier alpha value is -2.67. The van der Waals surface area contributed by atoms with Gasteiger partial charge in [0.15, 0.2) is 0 Å². The summed E-state index contributed by atoms with van der Waals surface area (Å²) in [6.07, 6.45) is 3.68. The molecule has 1 fully saturated rings. The van der Waals surface area contributed by atoms with Crippen molar-refractivity contribution in [3.05, 3.63) is 47.1 Å². The van der Waals surface area contributed by atoms with Gasteiger partial charge in [-0.1, -0.05) is 29.9 Å². The predicted molar refractivity (Wildman–Crippen MR) is 106 cm³/mol. The maximum Gasteiger partial charge on any atom is 0.337 e. The highest BCUT2D eigenvalue weighted by Crippen LogP contribution is 2.36. The molecule has 2 rings (SSSR count). The topological polar surface area (TPSA) is 99.1 Å². The normalized spacial score (nSPS) is 31.6. The van der Waals surface area contributed by atoms with Crippen molar-refractivity contribution in [3.63, 3.8) is 0 Å². The van der Waals surface area contributed by atoms with E-state index < -0.39 is 42.1 Å². The fraction of sp³-hybridized carbons (Fsp3) is 0.500. The fourth-order valence-corrected chi connectivity index (χ4v) is 3.53. The number of carbonyl (C=O) groups excluding carboxylic acids is 3. The summed E-state index contributed by atoms with van der Waals surface area (Å²) in [5.74, 6) is -2.23. The minimum Gasteiger partial charge on any atom is -0.461 e. The van der Waals surface area contributed by atoms with Crippen LogP contribution in [0.15, 0.2) is 47.1 Å². The zero-order chi connectivity index (χ0) is 21.7. The number of hydrogen-bond acceptors (Lipinski definition) is 7. The van der Waals surface area contributed by atoms with Crippen LogP contribution >= 0.6 is 0 Å². The SMILES string of the molecule is C=C1C(=O)OC2/C=C(\C)C[C@H](O)/C=C(\C)C[C@@H](OC(=O)/C(=C\C)COC(C)=O)[C@@H]12. The predicted octanol–water partition coefficient (Wildman–Crippen LogP) is 2.55. The molecule has 29 heavy (non-hydrogen) atoms. The van der Waals surface area contributed by atoms with E-state index >= 15 is 0 Å². The number of rotatable bonds is 4. The number of fused-ring (bicyclic) bond motifs is 1. The van der Waals surface area contributed by atoms with E-state index in [9.17, 15) is 19.5 Å². The second-order valence-corrected chi connectivity index (χ2v) is 7.46. The molecule has 4 atom stereocenters. The van der Waals surface area contributed by atoms with Crippen molar-refractivity contribution in [1.82, 2.24) is 0 Å². The molecule has 1 unspecified atom stereocenters. The van der Waals surface area contributed by atoms with Gasteiger partial charge in [-0.15, -0.1) is 0 Å². The van der Waals surface area contributed by atoms with Crippen LogP contribution in [0.1, 0.15) is 40.5 Å². The van der Waals surface area contributed by atoms with Crippen LogP contribution in [0.25, 0.3) is 0 Å². The lowest BCUT2D eigenvalue weighted by Crippen LogP contribution is -2.34. The summed E-state index contributed by atoms with van der Waals surface area (Å²) in [5, 5.41) is 10.2. The summed E-state index contributed by atoms with van der Waals surface area (Å²) < 4.78 is 16.1. The second-order valence-electron chi connectivity index (χ2n) is 7.46. The third kappa shape index (κ3) is 5.90. The van der Waals surface area contributed by atoms with Gasteiger partial charge in [0.25, 0.3) is 0 Å². The van der Waals surface area contributed by atoms with Crippen LogP contribution in [0.2, 0.25) is 0 Å². The maximum absolute atomic E-state index is 12.7. The van der Waals surface area contributed by atoms with E-state index in [-0.39, 0.29) is 17.8 Å². The lowest BCUT2D eigenvalue weighted by molar-refractivity contribution is -0.148. The Morgan fingerprint density at radius 2 is 1.93 bits per heavy atom. The van der Waals surface area contributed by atoms with E-state index in [1.54, 1.807) is 19.1 Å². The zero-order valence-corrected chi connectivity index (χ0v) is 17.3. The van der Waals surface area contributed by atoms with E-state index in [2.05, 4.69) is 6.58 Å². The molecule has 1 aliphatic heterocycles. The van der Waals surface area contributed by atoms with Crippen LogP contribution in [0.5, 0.6) is 0 Å². The van der Waals surface area contributed by atoms with Gasteiger partial charge in [0.1, 0.15) is 18.8 Å². The molecule has 0 aromatic carbocycles. The summed E-state index contributed by atoms with van der Waals surface area (Å²) in [4.78, 5) is 35.9. The van der Waals surface area contributed by atoms with Crippen molar-refractivity contribution in [2.45, 2.75) is 58.8 Å². The van der Waals surface area contributed by atoms with Gasteiger partial charge < -0.3 is 19.3 Å². The first-order valence-corrected chi connectivity index (χ1v) is 9.54. The van der Waals surface area contributed by atoms with Gasteiger partial charge in [-0.05, 0) is 33.3 Å². The lowest BCUT2D eigenvalue weighted by Gasteiger charge is -2.28. The molecule has 1 N–H and O–H groups in total. The summed E-state index contributed by atoms with van der Waals surface area (Å²) in [5.41, 5.74) is 2.11. The number of aliphatic hydroxyl groups is 1. The van der Waals surface area contributed by atoms with E-state index in [0.29, 0.717) is 12.8 Å². The lowest BCUT2D eigenvalue weighted by atomic mass is 9.85. The smallest absolute Gasteiger partial charge is 0.337 e. The maximum atomic E-state index is 12.7.